The van der Waals surface area contributed by atoms with Gasteiger partial charge in [0, 0.05) is 19.1 Å². The summed E-state index contributed by atoms with van der Waals surface area (Å²) in [5.41, 5.74) is 0.530. The molecular weight excluding hydrogens is 361 g/mol. The number of nitrogens with zero attached hydrogens (tertiary/aromatic N) is 1. The molecule has 1 aliphatic heterocycles. The van der Waals surface area contributed by atoms with Crippen molar-refractivity contribution in [3.63, 3.8) is 0 Å². The topological polar surface area (TPSA) is 75.7 Å². The summed E-state index contributed by atoms with van der Waals surface area (Å²) in [6, 6.07) is 4.77. The molecule has 1 N–H and O–H groups in total. The summed E-state index contributed by atoms with van der Waals surface area (Å²) in [4.78, 5) is 12.1. The number of benzene rings is 1. The summed E-state index contributed by atoms with van der Waals surface area (Å²) < 4.78 is 64.5. The Balaban J connectivity index is 1.87. The van der Waals surface area contributed by atoms with Gasteiger partial charge in [0.05, 0.1) is 12.7 Å². The van der Waals surface area contributed by atoms with E-state index in [0.29, 0.717) is 24.9 Å². The standard InChI is InChI=1S/C15H19F3N2O4S/c1-25(22,23)20-8-2-3-12(10-20)19-14(21)9-11-4-6-13(7-5-11)24-15(16,17)18/h4-7,12H,2-3,8-10H2,1H3,(H,19,21). The van der Waals surface area contributed by atoms with Crippen molar-refractivity contribution in [3.8, 4) is 5.75 Å². The Morgan fingerprint density at radius 2 is 1.96 bits per heavy atom. The number of sulfonamides is 1. The van der Waals surface area contributed by atoms with Crippen LogP contribution in [0.25, 0.3) is 0 Å². The highest BCUT2D eigenvalue weighted by atomic mass is 32.2. The van der Waals surface area contributed by atoms with Crippen LogP contribution in [0, 0.1) is 0 Å². The summed E-state index contributed by atoms with van der Waals surface area (Å²) in [6.45, 7) is 0.662. The quantitative estimate of drug-likeness (QED) is 0.843. The number of halogens is 3. The van der Waals surface area contributed by atoms with Crippen LogP contribution in [-0.2, 0) is 21.2 Å². The first-order valence-corrected chi connectivity index (χ1v) is 9.47. The lowest BCUT2D eigenvalue weighted by Crippen LogP contribution is -2.49. The molecule has 0 saturated carbocycles. The summed E-state index contributed by atoms with van der Waals surface area (Å²) in [7, 11) is -3.30. The number of amides is 1. The molecule has 1 heterocycles. The number of ether oxygens (including phenoxy) is 1. The van der Waals surface area contributed by atoms with Crippen LogP contribution in [0.3, 0.4) is 0 Å². The fourth-order valence-electron chi connectivity index (χ4n) is 2.63. The number of rotatable bonds is 5. The second-order valence-electron chi connectivity index (χ2n) is 5.90. The lowest BCUT2D eigenvalue weighted by Gasteiger charge is -2.31. The summed E-state index contributed by atoms with van der Waals surface area (Å²) in [6.07, 6.45) is -2.31. The molecule has 1 unspecified atom stereocenters. The molecule has 1 fully saturated rings. The molecule has 6 nitrogen and oxygen atoms in total. The zero-order valence-electron chi connectivity index (χ0n) is 13.5. The summed E-state index contributed by atoms with van der Waals surface area (Å²) >= 11 is 0. The van der Waals surface area contributed by atoms with Crippen LogP contribution in [0.15, 0.2) is 24.3 Å². The number of hydrogen-bond acceptors (Lipinski definition) is 4. The molecule has 2 rings (SSSR count). The third-order valence-corrected chi connectivity index (χ3v) is 5.01. The van der Waals surface area contributed by atoms with E-state index in [1.165, 1.54) is 16.4 Å². The van der Waals surface area contributed by atoms with Crippen LogP contribution in [0.4, 0.5) is 13.2 Å². The van der Waals surface area contributed by atoms with Crippen molar-refractivity contribution < 1.29 is 31.1 Å². The van der Waals surface area contributed by atoms with Crippen LogP contribution >= 0.6 is 0 Å². The van der Waals surface area contributed by atoms with Crippen LogP contribution in [0.2, 0.25) is 0 Å². The van der Waals surface area contributed by atoms with E-state index in [1.807, 2.05) is 0 Å². The van der Waals surface area contributed by atoms with Gasteiger partial charge in [-0.1, -0.05) is 12.1 Å². The molecule has 0 bridgehead atoms. The third kappa shape index (κ3) is 6.54. The highest BCUT2D eigenvalue weighted by Gasteiger charge is 2.31. The van der Waals surface area contributed by atoms with Crippen LogP contribution in [-0.4, -0.2) is 50.4 Å². The van der Waals surface area contributed by atoms with Gasteiger partial charge in [0.2, 0.25) is 15.9 Å². The van der Waals surface area contributed by atoms with Gasteiger partial charge in [-0.2, -0.15) is 0 Å². The Bertz CT molecular complexity index is 704. The van der Waals surface area contributed by atoms with Gasteiger partial charge in [-0.25, -0.2) is 12.7 Å². The van der Waals surface area contributed by atoms with Crippen LogP contribution in [0.1, 0.15) is 18.4 Å². The maximum atomic E-state index is 12.1. The van der Waals surface area contributed by atoms with Crippen molar-refractivity contribution in [1.82, 2.24) is 9.62 Å². The number of carbonyl (C=O) groups excluding carboxylic acids is 1. The molecular formula is C15H19F3N2O4S. The molecule has 0 aliphatic carbocycles. The van der Waals surface area contributed by atoms with Crippen LogP contribution in [0.5, 0.6) is 5.75 Å². The molecule has 10 heteroatoms. The van der Waals surface area contributed by atoms with Crippen molar-refractivity contribution in [2.75, 3.05) is 19.3 Å². The first-order chi connectivity index (χ1) is 11.5. The zero-order valence-corrected chi connectivity index (χ0v) is 14.4. The first-order valence-electron chi connectivity index (χ1n) is 7.62. The molecule has 1 amide bonds. The van der Waals surface area contributed by atoms with Gasteiger partial charge in [0.1, 0.15) is 5.75 Å². The lowest BCUT2D eigenvalue weighted by molar-refractivity contribution is -0.274. The SMILES string of the molecule is CS(=O)(=O)N1CCCC(NC(=O)Cc2ccc(OC(F)(F)F)cc2)C1. The second kappa shape index (κ2) is 7.61. The summed E-state index contributed by atoms with van der Waals surface area (Å²) in [5.74, 6) is -0.669. The molecule has 1 saturated heterocycles. The Morgan fingerprint density at radius 3 is 2.52 bits per heavy atom. The fourth-order valence-corrected chi connectivity index (χ4v) is 3.55. The zero-order chi connectivity index (χ0) is 18.7. The molecule has 1 aromatic carbocycles. The molecule has 25 heavy (non-hydrogen) atoms. The largest absolute Gasteiger partial charge is 0.573 e. The molecule has 1 atom stereocenters. The number of piperidine rings is 1. The fraction of sp³-hybridized carbons (Fsp3) is 0.533. The predicted octanol–water partition coefficient (Wildman–Crippen LogP) is 1.67. The minimum atomic E-state index is -4.76. The second-order valence-corrected chi connectivity index (χ2v) is 7.88. The Morgan fingerprint density at radius 1 is 1.32 bits per heavy atom. The number of alkyl halides is 3. The summed E-state index contributed by atoms with van der Waals surface area (Å²) in [5, 5.41) is 2.77. The Hall–Kier alpha value is -1.81. The van der Waals surface area contributed by atoms with E-state index in [-0.39, 0.29) is 30.7 Å². The minimum absolute atomic E-state index is 0.0122. The maximum absolute atomic E-state index is 12.1. The van der Waals surface area contributed by atoms with Gasteiger partial charge in [-0.3, -0.25) is 4.79 Å². The molecule has 0 radical (unpaired) electrons. The van der Waals surface area contributed by atoms with E-state index in [2.05, 4.69) is 10.1 Å². The molecule has 0 aromatic heterocycles. The van der Waals surface area contributed by atoms with Gasteiger partial charge in [-0.15, -0.1) is 13.2 Å². The van der Waals surface area contributed by atoms with Crippen molar-refractivity contribution in [3.05, 3.63) is 29.8 Å². The van der Waals surface area contributed by atoms with Crippen molar-refractivity contribution in [2.24, 2.45) is 0 Å². The average Bonchev–Trinajstić information content (AvgIpc) is 2.47. The third-order valence-electron chi connectivity index (χ3n) is 3.74. The van der Waals surface area contributed by atoms with E-state index in [4.69, 9.17) is 0 Å². The van der Waals surface area contributed by atoms with Crippen molar-refractivity contribution >= 4 is 15.9 Å². The first kappa shape index (κ1) is 19.5. The van der Waals surface area contributed by atoms with E-state index >= 15 is 0 Å². The van der Waals surface area contributed by atoms with Gasteiger partial charge in [0.25, 0.3) is 0 Å². The molecule has 1 aliphatic rings. The molecule has 1 aromatic rings. The molecule has 0 spiro atoms. The normalized spacial score (nSPS) is 19.4. The Labute approximate surface area is 144 Å². The molecule has 140 valence electrons. The van der Waals surface area contributed by atoms with Crippen molar-refractivity contribution in [2.45, 2.75) is 31.7 Å². The Kier molecular flexibility index (Phi) is 5.94. The highest BCUT2D eigenvalue weighted by Crippen LogP contribution is 2.23. The smallest absolute Gasteiger partial charge is 0.406 e. The van der Waals surface area contributed by atoms with E-state index in [1.54, 1.807) is 0 Å². The average molecular weight is 380 g/mol. The highest BCUT2D eigenvalue weighted by molar-refractivity contribution is 7.88. The van der Waals surface area contributed by atoms with E-state index in [9.17, 15) is 26.4 Å². The number of nitrogens with one attached hydrogen (secondary N) is 1. The van der Waals surface area contributed by atoms with Crippen LogP contribution < -0.4 is 10.1 Å². The monoisotopic (exact) mass is 380 g/mol. The van der Waals surface area contributed by atoms with Gasteiger partial charge in [0.15, 0.2) is 0 Å². The number of carbonyl (C=O) groups is 1. The lowest BCUT2D eigenvalue weighted by atomic mass is 10.1. The van der Waals surface area contributed by atoms with E-state index < -0.39 is 16.4 Å². The predicted molar refractivity (Wildman–Crippen MR) is 84.4 cm³/mol. The van der Waals surface area contributed by atoms with Gasteiger partial charge < -0.3 is 10.1 Å². The van der Waals surface area contributed by atoms with Gasteiger partial charge >= 0.3 is 6.36 Å². The minimum Gasteiger partial charge on any atom is -0.406 e. The van der Waals surface area contributed by atoms with Gasteiger partial charge in [-0.05, 0) is 30.5 Å². The number of hydrogen-bond donors (Lipinski definition) is 1. The van der Waals surface area contributed by atoms with Crippen molar-refractivity contribution in [1.29, 1.82) is 0 Å². The van der Waals surface area contributed by atoms with E-state index in [0.717, 1.165) is 18.4 Å². The maximum Gasteiger partial charge on any atom is 0.573 e.